The molecular formula is C14H20N4O2. The number of anilines is 1. The quantitative estimate of drug-likeness (QED) is 0.535. The van der Waals surface area contributed by atoms with Gasteiger partial charge in [0.15, 0.2) is 0 Å². The summed E-state index contributed by atoms with van der Waals surface area (Å²) in [6.07, 6.45) is 2.93. The molecule has 6 heteroatoms. The zero-order valence-corrected chi connectivity index (χ0v) is 11.4. The van der Waals surface area contributed by atoms with E-state index in [9.17, 15) is 5.11 Å². The average molecular weight is 276 g/mol. The Kier molecular flexibility index (Phi) is 3.58. The molecule has 0 aromatic carbocycles. The molecule has 0 saturated carbocycles. The molecule has 0 spiro atoms. The van der Waals surface area contributed by atoms with Crippen LogP contribution in [0.1, 0.15) is 23.2 Å². The SMILES string of the molecule is N=C(N)c1cc2c(nc1N1CCOC(CO)C1)CCC2. The van der Waals surface area contributed by atoms with Gasteiger partial charge in [-0.1, -0.05) is 0 Å². The van der Waals surface area contributed by atoms with E-state index in [4.69, 9.17) is 20.9 Å². The van der Waals surface area contributed by atoms with Gasteiger partial charge in [-0.2, -0.15) is 0 Å². The number of hydrogen-bond acceptors (Lipinski definition) is 5. The second-order valence-corrected chi connectivity index (χ2v) is 5.35. The molecule has 1 atom stereocenters. The van der Waals surface area contributed by atoms with Gasteiger partial charge in [-0.3, -0.25) is 5.41 Å². The number of fused-ring (bicyclic) bond motifs is 1. The highest BCUT2D eigenvalue weighted by atomic mass is 16.5. The summed E-state index contributed by atoms with van der Waals surface area (Å²) in [4.78, 5) is 6.80. The Hall–Kier alpha value is -1.66. The van der Waals surface area contributed by atoms with Gasteiger partial charge in [0.2, 0.25) is 0 Å². The summed E-state index contributed by atoms with van der Waals surface area (Å²) in [6.45, 7) is 1.85. The number of amidine groups is 1. The molecule has 2 aliphatic rings. The number of nitrogens with zero attached hydrogens (tertiary/aromatic N) is 2. The van der Waals surface area contributed by atoms with E-state index in [0.717, 1.165) is 30.8 Å². The molecule has 1 aromatic heterocycles. The normalized spacial score (nSPS) is 21.9. The van der Waals surface area contributed by atoms with E-state index in [-0.39, 0.29) is 18.5 Å². The first kappa shape index (κ1) is 13.3. The maximum absolute atomic E-state index is 9.25. The summed E-state index contributed by atoms with van der Waals surface area (Å²) in [5.74, 6) is 0.814. The average Bonchev–Trinajstić information content (AvgIpc) is 2.93. The molecule has 20 heavy (non-hydrogen) atoms. The van der Waals surface area contributed by atoms with Crippen molar-refractivity contribution in [1.29, 1.82) is 5.41 Å². The van der Waals surface area contributed by atoms with Crippen molar-refractivity contribution in [2.75, 3.05) is 31.2 Å². The van der Waals surface area contributed by atoms with Crippen molar-refractivity contribution in [1.82, 2.24) is 4.98 Å². The Balaban J connectivity index is 1.97. The highest BCUT2D eigenvalue weighted by molar-refractivity contribution is 6.00. The predicted octanol–water partition coefficient (Wildman–Crippen LogP) is 0.0519. The highest BCUT2D eigenvalue weighted by Gasteiger charge is 2.26. The summed E-state index contributed by atoms with van der Waals surface area (Å²) >= 11 is 0. The fourth-order valence-corrected chi connectivity index (χ4v) is 2.92. The van der Waals surface area contributed by atoms with Gasteiger partial charge < -0.3 is 20.5 Å². The first-order chi connectivity index (χ1) is 9.69. The van der Waals surface area contributed by atoms with Gasteiger partial charge in [-0.05, 0) is 30.9 Å². The van der Waals surface area contributed by atoms with E-state index in [1.807, 2.05) is 6.07 Å². The van der Waals surface area contributed by atoms with E-state index in [1.165, 1.54) is 5.56 Å². The smallest absolute Gasteiger partial charge is 0.140 e. The second kappa shape index (κ2) is 5.38. The lowest BCUT2D eigenvalue weighted by Gasteiger charge is -2.34. The largest absolute Gasteiger partial charge is 0.394 e. The minimum absolute atomic E-state index is 0.00313. The predicted molar refractivity (Wildman–Crippen MR) is 76.3 cm³/mol. The van der Waals surface area contributed by atoms with E-state index < -0.39 is 0 Å². The Bertz CT molecular complexity index is 532. The lowest BCUT2D eigenvalue weighted by atomic mass is 10.1. The van der Waals surface area contributed by atoms with Crippen LogP contribution in [0.15, 0.2) is 6.07 Å². The molecule has 0 radical (unpaired) electrons. The Morgan fingerprint density at radius 2 is 2.40 bits per heavy atom. The van der Waals surface area contributed by atoms with Gasteiger partial charge in [0.05, 0.1) is 24.9 Å². The number of pyridine rings is 1. The van der Waals surface area contributed by atoms with Crippen LogP contribution in [0.3, 0.4) is 0 Å². The van der Waals surface area contributed by atoms with Crippen LogP contribution in [0, 0.1) is 5.41 Å². The molecule has 1 aliphatic carbocycles. The van der Waals surface area contributed by atoms with Gasteiger partial charge in [0.1, 0.15) is 11.7 Å². The molecule has 3 rings (SSSR count). The van der Waals surface area contributed by atoms with Crippen molar-refractivity contribution in [3.8, 4) is 0 Å². The number of nitrogens with one attached hydrogen (secondary N) is 1. The van der Waals surface area contributed by atoms with Crippen molar-refractivity contribution in [3.05, 3.63) is 22.9 Å². The molecule has 1 aromatic rings. The van der Waals surface area contributed by atoms with Gasteiger partial charge in [0, 0.05) is 18.8 Å². The Morgan fingerprint density at radius 1 is 1.55 bits per heavy atom. The molecule has 1 unspecified atom stereocenters. The molecule has 1 saturated heterocycles. The third-order valence-electron chi connectivity index (χ3n) is 3.96. The number of ether oxygens (including phenoxy) is 1. The van der Waals surface area contributed by atoms with Gasteiger partial charge in [-0.15, -0.1) is 0 Å². The standard InChI is InChI=1S/C14H20N4O2/c15-13(16)11-6-9-2-1-3-12(9)17-14(11)18-4-5-20-10(7-18)8-19/h6,10,19H,1-5,7-8H2,(H3,15,16). The number of nitrogen functional groups attached to an aromatic ring is 1. The van der Waals surface area contributed by atoms with Crippen molar-refractivity contribution >= 4 is 11.7 Å². The zero-order chi connectivity index (χ0) is 14.1. The minimum atomic E-state index is -0.196. The summed E-state index contributed by atoms with van der Waals surface area (Å²) in [6, 6.07) is 2.01. The lowest BCUT2D eigenvalue weighted by molar-refractivity contribution is 0.00334. The molecule has 6 nitrogen and oxygen atoms in total. The number of aromatic nitrogens is 1. The lowest BCUT2D eigenvalue weighted by Crippen LogP contribution is -2.45. The molecule has 1 aliphatic heterocycles. The van der Waals surface area contributed by atoms with Gasteiger partial charge in [-0.25, -0.2) is 4.98 Å². The highest BCUT2D eigenvalue weighted by Crippen LogP contribution is 2.28. The minimum Gasteiger partial charge on any atom is -0.394 e. The number of morpholine rings is 1. The molecule has 4 N–H and O–H groups in total. The van der Waals surface area contributed by atoms with E-state index in [1.54, 1.807) is 0 Å². The fraction of sp³-hybridized carbons (Fsp3) is 0.571. The van der Waals surface area contributed by atoms with Crippen LogP contribution in [0.4, 0.5) is 5.82 Å². The Morgan fingerprint density at radius 3 is 3.15 bits per heavy atom. The fourth-order valence-electron chi connectivity index (χ4n) is 2.92. The Labute approximate surface area is 118 Å². The number of aliphatic hydroxyl groups is 1. The summed E-state index contributed by atoms with van der Waals surface area (Å²) in [5, 5.41) is 17.0. The van der Waals surface area contributed by atoms with E-state index in [0.29, 0.717) is 25.3 Å². The van der Waals surface area contributed by atoms with E-state index >= 15 is 0 Å². The van der Waals surface area contributed by atoms with Crippen LogP contribution >= 0.6 is 0 Å². The van der Waals surface area contributed by atoms with E-state index in [2.05, 4.69) is 4.90 Å². The third kappa shape index (κ3) is 2.36. The van der Waals surface area contributed by atoms with Crippen molar-refractivity contribution in [2.24, 2.45) is 5.73 Å². The number of rotatable bonds is 3. The van der Waals surface area contributed by atoms with Crippen LogP contribution < -0.4 is 10.6 Å². The molecule has 1 fully saturated rings. The number of hydrogen-bond donors (Lipinski definition) is 3. The van der Waals surface area contributed by atoms with Crippen LogP contribution in [-0.4, -0.2) is 48.3 Å². The summed E-state index contributed by atoms with van der Waals surface area (Å²) in [7, 11) is 0. The van der Waals surface area contributed by atoms with Crippen LogP contribution in [0.25, 0.3) is 0 Å². The number of aliphatic hydroxyl groups excluding tert-OH is 1. The first-order valence-corrected chi connectivity index (χ1v) is 7.03. The maximum atomic E-state index is 9.25. The van der Waals surface area contributed by atoms with Crippen LogP contribution in [0.5, 0.6) is 0 Å². The summed E-state index contributed by atoms with van der Waals surface area (Å²) in [5.41, 5.74) is 8.75. The van der Waals surface area contributed by atoms with Gasteiger partial charge >= 0.3 is 0 Å². The maximum Gasteiger partial charge on any atom is 0.140 e. The molecule has 2 heterocycles. The third-order valence-corrected chi connectivity index (χ3v) is 3.96. The first-order valence-electron chi connectivity index (χ1n) is 7.03. The topological polar surface area (TPSA) is 95.5 Å². The molecule has 0 amide bonds. The van der Waals surface area contributed by atoms with Gasteiger partial charge in [0.25, 0.3) is 0 Å². The van der Waals surface area contributed by atoms with Crippen LogP contribution in [-0.2, 0) is 17.6 Å². The summed E-state index contributed by atoms with van der Waals surface area (Å²) < 4.78 is 5.47. The number of aryl methyl sites for hydroxylation is 2. The van der Waals surface area contributed by atoms with Crippen molar-refractivity contribution < 1.29 is 9.84 Å². The molecule has 108 valence electrons. The molecule has 0 bridgehead atoms. The van der Waals surface area contributed by atoms with Crippen LogP contribution in [0.2, 0.25) is 0 Å². The van der Waals surface area contributed by atoms with Crippen molar-refractivity contribution in [3.63, 3.8) is 0 Å². The number of nitrogens with two attached hydrogens (primary N) is 1. The van der Waals surface area contributed by atoms with Crippen molar-refractivity contribution in [2.45, 2.75) is 25.4 Å². The zero-order valence-electron chi connectivity index (χ0n) is 11.4. The monoisotopic (exact) mass is 276 g/mol. The second-order valence-electron chi connectivity index (χ2n) is 5.35. The molecular weight excluding hydrogens is 256 g/mol.